The molecule has 2 N–H and O–H groups in total. The highest BCUT2D eigenvalue weighted by Crippen LogP contribution is 2.23. The van der Waals surface area contributed by atoms with Gasteiger partial charge in [0.05, 0.1) is 6.42 Å². The highest BCUT2D eigenvalue weighted by atomic mass is 16.5. The Hall–Kier alpha value is -2.30. The number of hydrogen-bond donors (Lipinski definition) is 2. The lowest BCUT2D eigenvalue weighted by atomic mass is 9.89. The second-order valence-corrected chi connectivity index (χ2v) is 6.92. The molecule has 134 valence electrons. The summed E-state index contributed by atoms with van der Waals surface area (Å²) in [5.41, 5.74) is 1.87. The SMILES string of the molecule is C[C@H](OC(=O)Cc1c[nH]c2ccccc12)C(=O)NCC1CCCCC1. The predicted molar refractivity (Wildman–Crippen MR) is 97.1 cm³/mol. The number of carbonyl (C=O) groups excluding carboxylic acids is 2. The maximum Gasteiger partial charge on any atom is 0.311 e. The lowest BCUT2D eigenvalue weighted by Gasteiger charge is -2.22. The molecule has 1 amide bonds. The Balaban J connectivity index is 1.47. The first-order valence-corrected chi connectivity index (χ1v) is 9.15. The molecular formula is C20H26N2O3. The summed E-state index contributed by atoms with van der Waals surface area (Å²) in [6, 6.07) is 7.81. The molecule has 0 unspecified atom stereocenters. The van der Waals surface area contributed by atoms with Crippen LogP contribution in [0.1, 0.15) is 44.6 Å². The van der Waals surface area contributed by atoms with Crippen LogP contribution >= 0.6 is 0 Å². The van der Waals surface area contributed by atoms with Gasteiger partial charge in [0.25, 0.3) is 5.91 Å². The summed E-state index contributed by atoms with van der Waals surface area (Å²) in [6.07, 6.45) is 7.35. The van der Waals surface area contributed by atoms with Crippen molar-refractivity contribution in [3.05, 3.63) is 36.0 Å². The molecule has 1 saturated carbocycles. The molecule has 1 aromatic carbocycles. The van der Waals surface area contributed by atoms with Crippen molar-refractivity contribution in [2.24, 2.45) is 5.92 Å². The average Bonchev–Trinajstić information content (AvgIpc) is 3.03. The van der Waals surface area contributed by atoms with Crippen LogP contribution in [0.15, 0.2) is 30.5 Å². The Morgan fingerprint density at radius 1 is 1.24 bits per heavy atom. The van der Waals surface area contributed by atoms with Crippen LogP contribution in [-0.2, 0) is 20.7 Å². The molecule has 2 aromatic rings. The lowest BCUT2D eigenvalue weighted by molar-refractivity contribution is -0.154. The standard InChI is InChI=1S/C20H26N2O3/c1-14(20(24)22-12-15-7-3-2-4-8-15)25-19(23)11-16-13-21-18-10-6-5-9-17(16)18/h5-6,9-10,13-15,21H,2-4,7-8,11-12H2,1H3,(H,22,24)/t14-/m0/s1. The lowest BCUT2D eigenvalue weighted by Crippen LogP contribution is -2.39. The molecule has 1 aliphatic carbocycles. The topological polar surface area (TPSA) is 71.2 Å². The predicted octanol–water partition coefficient (Wildman–Crippen LogP) is 3.34. The molecular weight excluding hydrogens is 316 g/mol. The molecule has 0 aliphatic heterocycles. The van der Waals surface area contributed by atoms with E-state index >= 15 is 0 Å². The molecule has 25 heavy (non-hydrogen) atoms. The van der Waals surface area contributed by atoms with Crippen LogP contribution in [0.4, 0.5) is 0 Å². The van der Waals surface area contributed by atoms with Crippen LogP contribution in [0.3, 0.4) is 0 Å². The first-order chi connectivity index (χ1) is 12.1. The molecule has 1 atom stereocenters. The zero-order chi connectivity index (χ0) is 17.6. The number of esters is 1. The number of aromatic amines is 1. The fourth-order valence-electron chi connectivity index (χ4n) is 3.51. The highest BCUT2D eigenvalue weighted by molar-refractivity contribution is 5.88. The summed E-state index contributed by atoms with van der Waals surface area (Å²) < 4.78 is 5.31. The minimum absolute atomic E-state index is 0.157. The van der Waals surface area contributed by atoms with E-state index in [9.17, 15) is 9.59 Å². The average molecular weight is 342 g/mol. The van der Waals surface area contributed by atoms with Gasteiger partial charge in [0.15, 0.2) is 6.10 Å². The monoisotopic (exact) mass is 342 g/mol. The second-order valence-electron chi connectivity index (χ2n) is 6.92. The van der Waals surface area contributed by atoms with E-state index in [1.165, 1.54) is 32.1 Å². The molecule has 0 radical (unpaired) electrons. The number of para-hydroxylation sites is 1. The molecule has 0 saturated heterocycles. The van der Waals surface area contributed by atoms with Crippen molar-refractivity contribution in [1.82, 2.24) is 10.3 Å². The Labute approximate surface area is 148 Å². The van der Waals surface area contributed by atoms with Gasteiger partial charge < -0.3 is 15.0 Å². The molecule has 5 heteroatoms. The van der Waals surface area contributed by atoms with Gasteiger partial charge in [-0.2, -0.15) is 0 Å². The summed E-state index contributed by atoms with van der Waals surface area (Å²) in [7, 11) is 0. The van der Waals surface area contributed by atoms with E-state index in [4.69, 9.17) is 4.74 Å². The van der Waals surface area contributed by atoms with E-state index in [2.05, 4.69) is 10.3 Å². The number of benzene rings is 1. The first-order valence-electron chi connectivity index (χ1n) is 9.15. The number of carbonyl (C=O) groups is 2. The third-order valence-electron chi connectivity index (χ3n) is 4.98. The number of hydrogen-bond acceptors (Lipinski definition) is 3. The fraction of sp³-hybridized carbons (Fsp3) is 0.500. The largest absolute Gasteiger partial charge is 0.452 e. The maximum atomic E-state index is 12.2. The van der Waals surface area contributed by atoms with Crippen LogP contribution in [0, 0.1) is 5.92 Å². The molecule has 5 nitrogen and oxygen atoms in total. The smallest absolute Gasteiger partial charge is 0.311 e. The summed E-state index contributed by atoms with van der Waals surface area (Å²) >= 11 is 0. The van der Waals surface area contributed by atoms with Gasteiger partial charge in [-0.3, -0.25) is 9.59 Å². The van der Waals surface area contributed by atoms with Crippen LogP contribution < -0.4 is 5.32 Å². The molecule has 1 aliphatic rings. The van der Waals surface area contributed by atoms with Crippen molar-refractivity contribution >= 4 is 22.8 Å². The molecule has 1 heterocycles. The Kier molecular flexibility index (Phi) is 5.74. The van der Waals surface area contributed by atoms with Gasteiger partial charge in [0.1, 0.15) is 0 Å². The van der Waals surface area contributed by atoms with Gasteiger partial charge in [-0.15, -0.1) is 0 Å². The Morgan fingerprint density at radius 3 is 2.80 bits per heavy atom. The molecule has 3 rings (SSSR count). The third kappa shape index (κ3) is 4.62. The van der Waals surface area contributed by atoms with Crippen LogP contribution in [-0.4, -0.2) is 29.5 Å². The van der Waals surface area contributed by atoms with E-state index in [0.717, 1.165) is 16.5 Å². The van der Waals surface area contributed by atoms with Crippen molar-refractivity contribution in [1.29, 1.82) is 0 Å². The summed E-state index contributed by atoms with van der Waals surface area (Å²) in [4.78, 5) is 27.4. The van der Waals surface area contributed by atoms with Crippen molar-refractivity contribution in [2.45, 2.75) is 51.6 Å². The van der Waals surface area contributed by atoms with Gasteiger partial charge in [-0.25, -0.2) is 0 Å². The maximum absolute atomic E-state index is 12.2. The van der Waals surface area contributed by atoms with Crippen LogP contribution in [0.5, 0.6) is 0 Å². The number of amides is 1. The van der Waals surface area contributed by atoms with E-state index in [-0.39, 0.29) is 18.3 Å². The summed E-state index contributed by atoms with van der Waals surface area (Å²) in [5, 5.41) is 3.93. The van der Waals surface area contributed by atoms with Crippen LogP contribution in [0.25, 0.3) is 10.9 Å². The second kappa shape index (κ2) is 8.19. The quantitative estimate of drug-likeness (QED) is 0.791. The van der Waals surface area contributed by atoms with Crippen LogP contribution in [0.2, 0.25) is 0 Å². The minimum atomic E-state index is -0.763. The van der Waals surface area contributed by atoms with Crippen molar-refractivity contribution in [3.8, 4) is 0 Å². The first kappa shape index (κ1) is 17.5. The Morgan fingerprint density at radius 2 is 2.00 bits per heavy atom. The Bertz CT molecular complexity index is 731. The third-order valence-corrected chi connectivity index (χ3v) is 4.98. The number of nitrogens with one attached hydrogen (secondary N) is 2. The number of rotatable bonds is 6. The van der Waals surface area contributed by atoms with E-state index in [1.807, 2.05) is 30.5 Å². The summed E-state index contributed by atoms with van der Waals surface area (Å²) in [6.45, 7) is 2.31. The number of ether oxygens (including phenoxy) is 1. The van der Waals surface area contributed by atoms with Gasteiger partial charge in [-0.1, -0.05) is 37.5 Å². The van der Waals surface area contributed by atoms with Gasteiger partial charge in [0, 0.05) is 23.6 Å². The molecule has 0 spiro atoms. The van der Waals surface area contributed by atoms with E-state index in [0.29, 0.717) is 12.5 Å². The minimum Gasteiger partial charge on any atom is -0.452 e. The summed E-state index contributed by atoms with van der Waals surface area (Å²) in [5.74, 6) is -0.0326. The molecule has 1 fully saturated rings. The normalized spacial score (nSPS) is 16.5. The van der Waals surface area contributed by atoms with Crippen molar-refractivity contribution in [2.75, 3.05) is 6.54 Å². The molecule has 1 aromatic heterocycles. The van der Waals surface area contributed by atoms with Gasteiger partial charge in [0.2, 0.25) is 0 Å². The zero-order valence-corrected chi connectivity index (χ0v) is 14.7. The van der Waals surface area contributed by atoms with E-state index < -0.39 is 6.10 Å². The molecule has 0 bridgehead atoms. The van der Waals surface area contributed by atoms with Gasteiger partial charge in [-0.05, 0) is 37.3 Å². The highest BCUT2D eigenvalue weighted by Gasteiger charge is 2.20. The zero-order valence-electron chi connectivity index (χ0n) is 14.7. The van der Waals surface area contributed by atoms with Crippen molar-refractivity contribution < 1.29 is 14.3 Å². The fourth-order valence-corrected chi connectivity index (χ4v) is 3.51. The van der Waals surface area contributed by atoms with E-state index in [1.54, 1.807) is 6.92 Å². The number of H-pyrrole nitrogens is 1. The number of aromatic nitrogens is 1. The van der Waals surface area contributed by atoms with Gasteiger partial charge >= 0.3 is 5.97 Å². The van der Waals surface area contributed by atoms with Crippen molar-refractivity contribution in [3.63, 3.8) is 0 Å². The number of fused-ring (bicyclic) bond motifs is 1.